The first-order chi connectivity index (χ1) is 9.25. The van der Waals surface area contributed by atoms with Gasteiger partial charge < -0.3 is 0 Å². The fraction of sp³-hybridized carbons (Fsp3) is 0.133. The number of benzene rings is 1. The summed E-state index contributed by atoms with van der Waals surface area (Å²) in [5.41, 5.74) is 2.53. The molecule has 2 aromatic heterocycles. The summed E-state index contributed by atoms with van der Waals surface area (Å²) < 4.78 is 1.81. The molecule has 0 aliphatic carbocycles. The van der Waals surface area contributed by atoms with E-state index in [1.165, 1.54) is 0 Å². The second-order valence-corrected chi connectivity index (χ2v) is 4.42. The highest BCUT2D eigenvalue weighted by Crippen LogP contribution is 2.18. The van der Waals surface area contributed by atoms with Gasteiger partial charge in [-0.05, 0) is 18.2 Å². The molecule has 3 aromatic rings. The van der Waals surface area contributed by atoms with Crippen molar-refractivity contribution in [3.05, 3.63) is 60.0 Å². The third-order valence-corrected chi connectivity index (χ3v) is 3.16. The number of para-hydroxylation sites is 1. The number of Topliss-reactive ketones (excluding diaryl/α,β-unsaturated/α-hetero) is 1. The lowest BCUT2D eigenvalue weighted by atomic mass is 10.1. The fourth-order valence-electron chi connectivity index (χ4n) is 2.21. The number of carbonyl (C=O) groups is 1. The third-order valence-electron chi connectivity index (χ3n) is 3.16. The number of carbonyl (C=O) groups excluding carboxylic acids is 1. The average Bonchev–Trinajstić information content (AvgIpc) is 2.77. The monoisotopic (exact) mass is 251 g/mol. The van der Waals surface area contributed by atoms with Crippen LogP contribution in [-0.2, 0) is 13.5 Å². The molecule has 94 valence electrons. The largest absolute Gasteiger partial charge is 0.294 e. The van der Waals surface area contributed by atoms with Crippen molar-refractivity contribution >= 4 is 16.7 Å². The highest BCUT2D eigenvalue weighted by Gasteiger charge is 2.13. The molecule has 19 heavy (non-hydrogen) atoms. The van der Waals surface area contributed by atoms with Crippen LogP contribution >= 0.6 is 0 Å². The molecule has 0 atom stereocenters. The molecule has 1 aromatic carbocycles. The summed E-state index contributed by atoms with van der Waals surface area (Å²) in [7, 11) is 1.89. The SMILES string of the molecule is Cn1nc(CC(=O)c2ccncc2)c2ccccc21. The predicted octanol–water partition coefficient (Wildman–Crippen LogP) is 2.39. The first-order valence-electron chi connectivity index (χ1n) is 6.09. The van der Waals surface area contributed by atoms with Crippen LogP contribution in [0.3, 0.4) is 0 Å². The Hall–Kier alpha value is -2.49. The van der Waals surface area contributed by atoms with Crippen LogP contribution in [0.2, 0.25) is 0 Å². The minimum Gasteiger partial charge on any atom is -0.294 e. The van der Waals surface area contributed by atoms with Gasteiger partial charge in [0.25, 0.3) is 0 Å². The van der Waals surface area contributed by atoms with Gasteiger partial charge in [0.1, 0.15) is 0 Å². The van der Waals surface area contributed by atoms with Crippen LogP contribution in [0.25, 0.3) is 10.9 Å². The van der Waals surface area contributed by atoms with E-state index < -0.39 is 0 Å². The summed E-state index contributed by atoms with van der Waals surface area (Å²) in [4.78, 5) is 16.1. The zero-order chi connectivity index (χ0) is 13.2. The lowest BCUT2D eigenvalue weighted by Crippen LogP contribution is -2.04. The van der Waals surface area contributed by atoms with E-state index in [4.69, 9.17) is 0 Å². The van der Waals surface area contributed by atoms with E-state index in [1.807, 2.05) is 36.0 Å². The Morgan fingerprint density at radius 3 is 2.68 bits per heavy atom. The van der Waals surface area contributed by atoms with E-state index in [0.29, 0.717) is 12.0 Å². The number of nitrogens with zero attached hydrogens (tertiary/aromatic N) is 3. The normalized spacial score (nSPS) is 10.8. The molecule has 4 nitrogen and oxygen atoms in total. The maximum absolute atomic E-state index is 12.2. The smallest absolute Gasteiger partial charge is 0.169 e. The van der Waals surface area contributed by atoms with Crippen molar-refractivity contribution in [3.63, 3.8) is 0 Å². The van der Waals surface area contributed by atoms with Crippen LogP contribution in [0.15, 0.2) is 48.8 Å². The molecule has 0 aliphatic rings. The molecule has 0 N–H and O–H groups in total. The molecule has 0 fully saturated rings. The Kier molecular flexibility index (Phi) is 2.83. The van der Waals surface area contributed by atoms with E-state index in [9.17, 15) is 4.79 Å². The van der Waals surface area contributed by atoms with Gasteiger partial charge in [0, 0.05) is 30.4 Å². The lowest BCUT2D eigenvalue weighted by Gasteiger charge is -1.98. The van der Waals surface area contributed by atoms with Gasteiger partial charge in [-0.25, -0.2) is 0 Å². The minimum absolute atomic E-state index is 0.0613. The van der Waals surface area contributed by atoms with Gasteiger partial charge in [0.2, 0.25) is 0 Å². The molecule has 0 amide bonds. The van der Waals surface area contributed by atoms with Crippen LogP contribution in [0, 0.1) is 0 Å². The summed E-state index contributed by atoms with van der Waals surface area (Å²) >= 11 is 0. The van der Waals surface area contributed by atoms with Crippen molar-refractivity contribution in [3.8, 4) is 0 Å². The number of pyridine rings is 1. The summed E-state index contributed by atoms with van der Waals surface area (Å²) in [5, 5.41) is 5.47. The standard InChI is InChI=1S/C15H13N3O/c1-18-14-5-3-2-4-12(14)13(17-18)10-15(19)11-6-8-16-9-7-11/h2-9H,10H2,1H3. The lowest BCUT2D eigenvalue weighted by molar-refractivity contribution is 0.0992. The molecule has 3 rings (SSSR count). The number of hydrogen-bond donors (Lipinski definition) is 0. The van der Waals surface area contributed by atoms with Crippen molar-refractivity contribution in [1.82, 2.24) is 14.8 Å². The number of fused-ring (bicyclic) bond motifs is 1. The number of aryl methyl sites for hydroxylation is 1. The predicted molar refractivity (Wildman–Crippen MR) is 73.0 cm³/mol. The zero-order valence-electron chi connectivity index (χ0n) is 10.6. The second kappa shape index (κ2) is 4.65. The van der Waals surface area contributed by atoms with E-state index in [1.54, 1.807) is 24.5 Å². The molecular weight excluding hydrogens is 238 g/mol. The van der Waals surface area contributed by atoms with Gasteiger partial charge in [-0.15, -0.1) is 0 Å². The van der Waals surface area contributed by atoms with Crippen LogP contribution < -0.4 is 0 Å². The molecule has 4 heteroatoms. The van der Waals surface area contributed by atoms with Gasteiger partial charge in [-0.3, -0.25) is 14.5 Å². The Balaban J connectivity index is 1.96. The quantitative estimate of drug-likeness (QED) is 0.671. The maximum atomic E-state index is 12.2. The highest BCUT2D eigenvalue weighted by molar-refractivity contribution is 5.99. The van der Waals surface area contributed by atoms with E-state index in [2.05, 4.69) is 10.1 Å². The number of ketones is 1. The van der Waals surface area contributed by atoms with E-state index >= 15 is 0 Å². The van der Waals surface area contributed by atoms with Crippen LogP contribution in [0.1, 0.15) is 16.1 Å². The number of hydrogen-bond acceptors (Lipinski definition) is 3. The maximum Gasteiger partial charge on any atom is 0.169 e. The van der Waals surface area contributed by atoms with Crippen LogP contribution in [0.4, 0.5) is 0 Å². The Morgan fingerprint density at radius 1 is 1.16 bits per heavy atom. The molecule has 0 unspecified atom stereocenters. The zero-order valence-corrected chi connectivity index (χ0v) is 10.6. The summed E-state index contributed by atoms with van der Waals surface area (Å²) in [6.07, 6.45) is 3.57. The second-order valence-electron chi connectivity index (χ2n) is 4.42. The Morgan fingerprint density at radius 2 is 1.89 bits per heavy atom. The minimum atomic E-state index is 0.0613. The van der Waals surface area contributed by atoms with Crippen molar-refractivity contribution in [2.24, 2.45) is 7.05 Å². The van der Waals surface area contributed by atoms with Gasteiger partial charge in [-0.2, -0.15) is 5.10 Å². The van der Waals surface area contributed by atoms with Crippen molar-refractivity contribution < 1.29 is 4.79 Å². The molecule has 0 aliphatic heterocycles. The Bertz CT molecular complexity index is 731. The summed E-state index contributed by atoms with van der Waals surface area (Å²) in [6.45, 7) is 0. The molecule has 0 saturated heterocycles. The first-order valence-corrected chi connectivity index (χ1v) is 6.09. The highest BCUT2D eigenvalue weighted by atomic mass is 16.1. The third kappa shape index (κ3) is 2.12. The van der Waals surface area contributed by atoms with Crippen LogP contribution in [0.5, 0.6) is 0 Å². The average molecular weight is 251 g/mol. The Labute approximate surface area is 110 Å². The number of rotatable bonds is 3. The van der Waals surface area contributed by atoms with Gasteiger partial charge in [0.15, 0.2) is 5.78 Å². The molecule has 0 saturated carbocycles. The summed E-state index contributed by atoms with van der Waals surface area (Å²) in [5.74, 6) is 0.0613. The van der Waals surface area contributed by atoms with Gasteiger partial charge in [-0.1, -0.05) is 18.2 Å². The topological polar surface area (TPSA) is 47.8 Å². The van der Waals surface area contributed by atoms with Crippen molar-refractivity contribution in [2.75, 3.05) is 0 Å². The molecule has 2 heterocycles. The van der Waals surface area contributed by atoms with Gasteiger partial charge >= 0.3 is 0 Å². The van der Waals surface area contributed by atoms with Crippen molar-refractivity contribution in [1.29, 1.82) is 0 Å². The number of aromatic nitrogens is 3. The summed E-state index contributed by atoms with van der Waals surface area (Å²) in [6, 6.07) is 11.4. The molecular formula is C15H13N3O. The van der Waals surface area contributed by atoms with Crippen LogP contribution in [-0.4, -0.2) is 20.5 Å². The molecule has 0 spiro atoms. The molecule has 0 bridgehead atoms. The molecule has 0 radical (unpaired) electrons. The van der Waals surface area contributed by atoms with E-state index in [0.717, 1.165) is 16.6 Å². The first kappa shape index (κ1) is 11.6. The van der Waals surface area contributed by atoms with Gasteiger partial charge in [0.05, 0.1) is 17.6 Å². The fourth-order valence-corrected chi connectivity index (χ4v) is 2.21. The van der Waals surface area contributed by atoms with Crippen molar-refractivity contribution in [2.45, 2.75) is 6.42 Å². The van der Waals surface area contributed by atoms with E-state index in [-0.39, 0.29) is 5.78 Å².